The second-order valence-electron chi connectivity index (χ2n) is 3.03. The number of halogens is 1. The summed E-state index contributed by atoms with van der Waals surface area (Å²) in [4.78, 5) is 10.3. The summed E-state index contributed by atoms with van der Waals surface area (Å²) in [5.41, 5.74) is 6.79. The highest BCUT2D eigenvalue weighted by Gasteiger charge is 2.06. The van der Waals surface area contributed by atoms with Gasteiger partial charge in [0, 0.05) is 0 Å². The Balaban J connectivity index is 3.03. The Morgan fingerprint density at radius 2 is 2.13 bits per heavy atom. The Labute approximate surface area is 87.0 Å². The van der Waals surface area contributed by atoms with E-state index in [-0.39, 0.29) is 0 Å². The Bertz CT molecular complexity index is 388. The van der Waals surface area contributed by atoms with Crippen LogP contribution in [0.25, 0.3) is 6.08 Å². The van der Waals surface area contributed by atoms with Gasteiger partial charge in [-0.05, 0) is 30.2 Å². The minimum Gasteiger partial charge on any atom is -0.476 e. The molecule has 0 spiro atoms. The smallest absolute Gasteiger partial charge is 0.364 e. The minimum absolute atomic E-state index is 0.444. The van der Waals surface area contributed by atoms with E-state index >= 15 is 0 Å². The van der Waals surface area contributed by atoms with Crippen LogP contribution in [-0.2, 0) is 11.2 Å². The molecule has 15 heavy (non-hydrogen) atoms. The number of hydrogen-bond acceptors (Lipinski definition) is 2. The van der Waals surface area contributed by atoms with E-state index in [0.29, 0.717) is 18.5 Å². The van der Waals surface area contributed by atoms with Gasteiger partial charge in [0.2, 0.25) is 5.83 Å². The fourth-order valence-corrected chi connectivity index (χ4v) is 1.26. The normalized spacial score (nSPS) is 11.5. The van der Waals surface area contributed by atoms with Crippen LogP contribution in [0.5, 0.6) is 0 Å². The molecular formula is C11H12FNO2. The molecule has 0 heterocycles. The molecule has 1 aromatic rings. The number of carboxylic acid groups (broad SMARTS) is 1. The van der Waals surface area contributed by atoms with Crippen molar-refractivity contribution in [2.75, 3.05) is 6.54 Å². The van der Waals surface area contributed by atoms with Crippen LogP contribution in [0.1, 0.15) is 11.1 Å². The van der Waals surface area contributed by atoms with Crippen molar-refractivity contribution < 1.29 is 14.3 Å². The zero-order chi connectivity index (χ0) is 11.3. The van der Waals surface area contributed by atoms with E-state index in [1.165, 1.54) is 0 Å². The topological polar surface area (TPSA) is 63.3 Å². The van der Waals surface area contributed by atoms with Crippen molar-refractivity contribution in [1.29, 1.82) is 0 Å². The largest absolute Gasteiger partial charge is 0.476 e. The van der Waals surface area contributed by atoms with Gasteiger partial charge in [0.05, 0.1) is 0 Å². The Morgan fingerprint density at radius 3 is 2.73 bits per heavy atom. The molecule has 0 bridgehead atoms. The Hall–Kier alpha value is -1.68. The molecule has 3 N–H and O–H groups in total. The average Bonchev–Trinajstić information content (AvgIpc) is 2.21. The second kappa shape index (κ2) is 5.26. The Kier molecular flexibility index (Phi) is 4.00. The first-order valence-corrected chi connectivity index (χ1v) is 4.53. The van der Waals surface area contributed by atoms with E-state index in [1.807, 2.05) is 0 Å². The van der Waals surface area contributed by atoms with Crippen molar-refractivity contribution >= 4 is 12.0 Å². The van der Waals surface area contributed by atoms with Crippen LogP contribution in [0, 0.1) is 0 Å². The van der Waals surface area contributed by atoms with E-state index in [4.69, 9.17) is 10.8 Å². The first-order chi connectivity index (χ1) is 7.15. The van der Waals surface area contributed by atoms with Crippen LogP contribution in [-0.4, -0.2) is 17.6 Å². The standard InChI is InChI=1S/C11H12FNO2/c12-10(11(14)15)7-9-4-2-1-3-8(9)5-6-13/h1-4,7H,5-6,13H2,(H,14,15)/b10-7-. The zero-order valence-corrected chi connectivity index (χ0v) is 8.11. The number of carboxylic acids is 1. The monoisotopic (exact) mass is 209 g/mol. The average molecular weight is 209 g/mol. The highest BCUT2D eigenvalue weighted by Crippen LogP contribution is 2.14. The maximum absolute atomic E-state index is 12.9. The van der Waals surface area contributed by atoms with Crippen LogP contribution in [0.2, 0.25) is 0 Å². The summed E-state index contributed by atoms with van der Waals surface area (Å²) in [5.74, 6) is -2.72. The van der Waals surface area contributed by atoms with E-state index in [2.05, 4.69) is 0 Å². The second-order valence-corrected chi connectivity index (χ2v) is 3.03. The molecule has 0 radical (unpaired) electrons. The van der Waals surface area contributed by atoms with Gasteiger partial charge < -0.3 is 10.8 Å². The lowest BCUT2D eigenvalue weighted by atomic mass is 10.0. The van der Waals surface area contributed by atoms with E-state index in [0.717, 1.165) is 11.6 Å². The first-order valence-electron chi connectivity index (χ1n) is 4.53. The molecule has 0 aromatic heterocycles. The summed E-state index contributed by atoms with van der Waals surface area (Å²) in [5, 5.41) is 8.40. The SMILES string of the molecule is NCCc1ccccc1/C=C(\F)C(=O)O. The van der Waals surface area contributed by atoms with Crippen LogP contribution in [0.15, 0.2) is 30.1 Å². The first kappa shape index (κ1) is 11.4. The number of benzene rings is 1. The van der Waals surface area contributed by atoms with Gasteiger partial charge >= 0.3 is 5.97 Å². The highest BCUT2D eigenvalue weighted by molar-refractivity contribution is 5.89. The maximum atomic E-state index is 12.9. The third-order valence-corrected chi connectivity index (χ3v) is 1.96. The van der Waals surface area contributed by atoms with E-state index < -0.39 is 11.8 Å². The molecular weight excluding hydrogens is 197 g/mol. The number of hydrogen-bond donors (Lipinski definition) is 2. The van der Waals surface area contributed by atoms with Crippen molar-refractivity contribution in [3.63, 3.8) is 0 Å². The maximum Gasteiger partial charge on any atom is 0.364 e. The lowest BCUT2D eigenvalue weighted by molar-refractivity contribution is -0.134. The van der Waals surface area contributed by atoms with Crippen molar-refractivity contribution in [3.05, 3.63) is 41.2 Å². The molecule has 0 atom stereocenters. The zero-order valence-electron chi connectivity index (χ0n) is 8.11. The van der Waals surface area contributed by atoms with Gasteiger partial charge in [0.25, 0.3) is 0 Å². The summed E-state index contributed by atoms with van der Waals surface area (Å²) >= 11 is 0. The Morgan fingerprint density at radius 1 is 1.47 bits per heavy atom. The third kappa shape index (κ3) is 3.18. The summed E-state index contributed by atoms with van der Waals surface area (Å²) in [7, 11) is 0. The molecule has 80 valence electrons. The van der Waals surface area contributed by atoms with Crippen LogP contribution < -0.4 is 5.73 Å². The number of rotatable bonds is 4. The molecule has 1 aromatic carbocycles. The molecule has 0 aliphatic rings. The van der Waals surface area contributed by atoms with E-state index in [9.17, 15) is 9.18 Å². The highest BCUT2D eigenvalue weighted by atomic mass is 19.1. The molecule has 3 nitrogen and oxygen atoms in total. The molecule has 0 aliphatic carbocycles. The van der Waals surface area contributed by atoms with E-state index in [1.54, 1.807) is 24.3 Å². The predicted molar refractivity (Wildman–Crippen MR) is 55.9 cm³/mol. The van der Waals surface area contributed by atoms with Crippen molar-refractivity contribution in [2.24, 2.45) is 5.73 Å². The van der Waals surface area contributed by atoms with Crippen LogP contribution in [0.4, 0.5) is 4.39 Å². The number of aliphatic carboxylic acids is 1. The predicted octanol–water partition coefficient (Wildman–Crippen LogP) is 1.58. The van der Waals surface area contributed by atoms with Crippen LogP contribution in [0.3, 0.4) is 0 Å². The molecule has 0 amide bonds. The fourth-order valence-electron chi connectivity index (χ4n) is 1.26. The van der Waals surface area contributed by atoms with Gasteiger partial charge in [-0.2, -0.15) is 4.39 Å². The molecule has 1 rings (SSSR count). The molecule has 4 heteroatoms. The van der Waals surface area contributed by atoms with Gasteiger partial charge in [-0.3, -0.25) is 0 Å². The summed E-state index contributed by atoms with van der Waals surface area (Å²) in [6, 6.07) is 6.99. The van der Waals surface area contributed by atoms with Crippen molar-refractivity contribution in [3.8, 4) is 0 Å². The molecule has 0 saturated carbocycles. The quantitative estimate of drug-likeness (QED) is 0.740. The van der Waals surface area contributed by atoms with Crippen molar-refractivity contribution in [1.82, 2.24) is 0 Å². The minimum atomic E-state index is -1.56. The molecule has 0 saturated heterocycles. The summed E-state index contributed by atoms with van der Waals surface area (Å²) in [6.07, 6.45) is 1.60. The lowest BCUT2D eigenvalue weighted by Gasteiger charge is -2.03. The van der Waals surface area contributed by atoms with Gasteiger partial charge in [-0.1, -0.05) is 24.3 Å². The van der Waals surface area contributed by atoms with Gasteiger partial charge in [0.1, 0.15) is 0 Å². The molecule has 0 fully saturated rings. The van der Waals surface area contributed by atoms with Gasteiger partial charge in [-0.15, -0.1) is 0 Å². The third-order valence-electron chi connectivity index (χ3n) is 1.96. The number of nitrogens with two attached hydrogens (primary N) is 1. The van der Waals surface area contributed by atoms with Crippen molar-refractivity contribution in [2.45, 2.75) is 6.42 Å². The number of carbonyl (C=O) groups is 1. The summed E-state index contributed by atoms with van der Waals surface area (Å²) < 4.78 is 12.9. The lowest BCUT2D eigenvalue weighted by Crippen LogP contribution is -2.04. The molecule has 0 aliphatic heterocycles. The van der Waals surface area contributed by atoms with Gasteiger partial charge in [-0.25, -0.2) is 4.79 Å². The van der Waals surface area contributed by atoms with Gasteiger partial charge in [0.15, 0.2) is 0 Å². The van der Waals surface area contributed by atoms with Crippen LogP contribution >= 0.6 is 0 Å². The molecule has 0 unspecified atom stereocenters. The fraction of sp³-hybridized carbons (Fsp3) is 0.182. The summed E-state index contributed by atoms with van der Waals surface area (Å²) in [6.45, 7) is 0.444.